The first kappa shape index (κ1) is 14.8. The number of nitrogens with one attached hydrogen (secondary N) is 1. The smallest absolute Gasteiger partial charge is 0.258 e. The fourth-order valence-corrected chi connectivity index (χ4v) is 3.66. The maximum atomic E-state index is 12.3. The zero-order valence-electron chi connectivity index (χ0n) is 13.4. The molecular formula is C18H16N4OS. The molecule has 1 aromatic carbocycles. The molecular weight excluding hydrogens is 320 g/mol. The molecule has 1 N–H and O–H groups in total. The van der Waals surface area contributed by atoms with E-state index in [-0.39, 0.29) is 5.56 Å². The van der Waals surface area contributed by atoms with E-state index in [1.807, 2.05) is 44.2 Å². The third kappa shape index (κ3) is 2.65. The van der Waals surface area contributed by atoms with Gasteiger partial charge < -0.3 is 5.32 Å². The van der Waals surface area contributed by atoms with Crippen LogP contribution >= 0.6 is 11.3 Å². The standard InChI is InChI=1S/C18H16N4OS/c1-11-4-3-5-17-21-14(9-18(23)22(11)17)10-19-13-6-7-15-16(8-13)24-12(2)20-15/h3-9,19H,10H2,1-2H3. The number of rotatable bonds is 3. The Labute approximate surface area is 142 Å². The molecule has 0 atom stereocenters. The van der Waals surface area contributed by atoms with Gasteiger partial charge in [0.05, 0.1) is 27.5 Å². The summed E-state index contributed by atoms with van der Waals surface area (Å²) in [6.45, 7) is 4.41. The molecule has 0 unspecified atom stereocenters. The number of benzene rings is 1. The van der Waals surface area contributed by atoms with E-state index in [0.717, 1.165) is 32.3 Å². The highest BCUT2D eigenvalue weighted by Crippen LogP contribution is 2.24. The third-order valence-corrected chi connectivity index (χ3v) is 4.84. The van der Waals surface area contributed by atoms with Crippen molar-refractivity contribution < 1.29 is 0 Å². The number of pyridine rings is 1. The number of hydrogen-bond donors (Lipinski definition) is 1. The molecule has 4 rings (SSSR count). The van der Waals surface area contributed by atoms with Crippen LogP contribution in [-0.2, 0) is 6.54 Å². The number of fused-ring (bicyclic) bond motifs is 2. The molecule has 0 saturated heterocycles. The summed E-state index contributed by atoms with van der Waals surface area (Å²) < 4.78 is 2.77. The molecule has 3 aromatic heterocycles. The van der Waals surface area contributed by atoms with Gasteiger partial charge in [-0.25, -0.2) is 9.97 Å². The topological polar surface area (TPSA) is 59.3 Å². The van der Waals surface area contributed by atoms with E-state index >= 15 is 0 Å². The second kappa shape index (κ2) is 5.72. The van der Waals surface area contributed by atoms with Crippen LogP contribution in [0.15, 0.2) is 47.3 Å². The molecule has 0 radical (unpaired) electrons. The molecule has 0 bridgehead atoms. The third-order valence-electron chi connectivity index (χ3n) is 3.90. The van der Waals surface area contributed by atoms with Gasteiger partial charge in [-0.2, -0.15) is 0 Å². The molecule has 0 spiro atoms. The van der Waals surface area contributed by atoms with Crippen LogP contribution in [0.4, 0.5) is 5.69 Å². The maximum Gasteiger partial charge on any atom is 0.258 e. The van der Waals surface area contributed by atoms with Gasteiger partial charge in [0.2, 0.25) is 0 Å². The van der Waals surface area contributed by atoms with E-state index in [0.29, 0.717) is 12.2 Å². The van der Waals surface area contributed by atoms with Crippen LogP contribution in [0.5, 0.6) is 0 Å². The van der Waals surface area contributed by atoms with Gasteiger partial charge >= 0.3 is 0 Å². The van der Waals surface area contributed by atoms with Gasteiger partial charge in [-0.05, 0) is 44.2 Å². The van der Waals surface area contributed by atoms with Crippen molar-refractivity contribution in [3.63, 3.8) is 0 Å². The van der Waals surface area contributed by atoms with E-state index in [9.17, 15) is 4.79 Å². The summed E-state index contributed by atoms with van der Waals surface area (Å²) >= 11 is 1.67. The Morgan fingerprint density at radius 3 is 2.88 bits per heavy atom. The second-order valence-electron chi connectivity index (χ2n) is 5.72. The van der Waals surface area contributed by atoms with Crippen LogP contribution < -0.4 is 10.9 Å². The zero-order chi connectivity index (χ0) is 16.7. The number of anilines is 1. The van der Waals surface area contributed by atoms with Gasteiger partial charge in [0.15, 0.2) is 0 Å². The number of thiazole rings is 1. The lowest BCUT2D eigenvalue weighted by molar-refractivity contribution is 0.943. The van der Waals surface area contributed by atoms with Crippen molar-refractivity contribution in [3.05, 3.63) is 69.2 Å². The number of nitrogens with zero attached hydrogens (tertiary/aromatic N) is 3. The minimum Gasteiger partial charge on any atom is -0.379 e. The van der Waals surface area contributed by atoms with Crippen molar-refractivity contribution in [2.24, 2.45) is 0 Å². The number of aromatic nitrogens is 3. The van der Waals surface area contributed by atoms with Crippen LogP contribution in [0.3, 0.4) is 0 Å². The van der Waals surface area contributed by atoms with E-state index in [4.69, 9.17) is 0 Å². The van der Waals surface area contributed by atoms with Crippen LogP contribution in [0.25, 0.3) is 15.9 Å². The quantitative estimate of drug-likeness (QED) is 0.622. The van der Waals surface area contributed by atoms with Crippen LogP contribution in [0.2, 0.25) is 0 Å². The predicted molar refractivity (Wildman–Crippen MR) is 97.9 cm³/mol. The van der Waals surface area contributed by atoms with Crippen molar-refractivity contribution in [2.45, 2.75) is 20.4 Å². The zero-order valence-corrected chi connectivity index (χ0v) is 14.2. The molecule has 0 aliphatic carbocycles. The summed E-state index contributed by atoms with van der Waals surface area (Å²) in [5.41, 5.74) is 4.25. The Morgan fingerprint density at radius 2 is 2.00 bits per heavy atom. The van der Waals surface area contributed by atoms with Gasteiger partial charge in [0.1, 0.15) is 5.65 Å². The van der Waals surface area contributed by atoms with Crippen LogP contribution in [-0.4, -0.2) is 14.4 Å². The van der Waals surface area contributed by atoms with E-state index in [1.165, 1.54) is 0 Å². The van der Waals surface area contributed by atoms with Crippen LogP contribution in [0.1, 0.15) is 16.4 Å². The second-order valence-corrected chi connectivity index (χ2v) is 6.95. The molecule has 0 aliphatic rings. The van der Waals surface area contributed by atoms with Gasteiger partial charge in [-0.15, -0.1) is 11.3 Å². The molecule has 0 fully saturated rings. The van der Waals surface area contributed by atoms with Gasteiger partial charge in [0, 0.05) is 17.4 Å². The van der Waals surface area contributed by atoms with Crippen molar-refractivity contribution in [1.29, 1.82) is 0 Å². The number of aryl methyl sites for hydroxylation is 2. The Morgan fingerprint density at radius 1 is 1.12 bits per heavy atom. The minimum absolute atomic E-state index is 0.0524. The Bertz CT molecular complexity index is 1110. The van der Waals surface area contributed by atoms with Crippen molar-refractivity contribution in [1.82, 2.24) is 14.4 Å². The summed E-state index contributed by atoms with van der Waals surface area (Å²) in [6.07, 6.45) is 0. The lowest BCUT2D eigenvalue weighted by Crippen LogP contribution is -2.18. The molecule has 3 heterocycles. The first-order valence-corrected chi connectivity index (χ1v) is 8.51. The minimum atomic E-state index is -0.0524. The molecule has 4 aromatic rings. The highest BCUT2D eigenvalue weighted by molar-refractivity contribution is 7.18. The lowest BCUT2D eigenvalue weighted by Gasteiger charge is -2.08. The van der Waals surface area contributed by atoms with E-state index < -0.39 is 0 Å². The lowest BCUT2D eigenvalue weighted by atomic mass is 10.3. The molecule has 0 saturated carbocycles. The van der Waals surface area contributed by atoms with Crippen molar-refractivity contribution in [3.8, 4) is 0 Å². The van der Waals surface area contributed by atoms with Gasteiger partial charge in [-0.3, -0.25) is 9.20 Å². The molecule has 0 aliphatic heterocycles. The summed E-state index contributed by atoms with van der Waals surface area (Å²) in [4.78, 5) is 21.3. The Hall–Kier alpha value is -2.73. The Kier molecular flexibility index (Phi) is 3.54. The molecule has 120 valence electrons. The normalized spacial score (nSPS) is 11.2. The summed E-state index contributed by atoms with van der Waals surface area (Å²) in [7, 11) is 0. The molecule has 0 amide bonds. The maximum absolute atomic E-state index is 12.3. The van der Waals surface area contributed by atoms with Gasteiger partial charge in [-0.1, -0.05) is 6.07 Å². The Balaban J connectivity index is 1.62. The van der Waals surface area contributed by atoms with Gasteiger partial charge in [0.25, 0.3) is 5.56 Å². The van der Waals surface area contributed by atoms with Crippen molar-refractivity contribution in [2.75, 3.05) is 5.32 Å². The predicted octanol–water partition coefficient (Wildman–Crippen LogP) is 3.53. The first-order valence-electron chi connectivity index (χ1n) is 7.69. The highest BCUT2D eigenvalue weighted by Gasteiger charge is 2.05. The fraction of sp³-hybridized carbons (Fsp3) is 0.167. The average molecular weight is 336 g/mol. The summed E-state index contributed by atoms with van der Waals surface area (Å²) in [5, 5.41) is 4.39. The van der Waals surface area contributed by atoms with E-state index in [1.54, 1.807) is 21.8 Å². The molecule has 24 heavy (non-hydrogen) atoms. The van der Waals surface area contributed by atoms with E-state index in [2.05, 4.69) is 21.4 Å². The van der Waals surface area contributed by atoms with Crippen molar-refractivity contribution >= 4 is 32.9 Å². The largest absolute Gasteiger partial charge is 0.379 e. The number of hydrogen-bond acceptors (Lipinski definition) is 5. The summed E-state index contributed by atoms with van der Waals surface area (Å²) in [5.74, 6) is 0. The molecule has 6 heteroatoms. The fourth-order valence-electron chi connectivity index (χ4n) is 2.80. The summed E-state index contributed by atoms with van der Waals surface area (Å²) in [6, 6.07) is 13.3. The highest BCUT2D eigenvalue weighted by atomic mass is 32.1. The average Bonchev–Trinajstić information content (AvgIpc) is 2.92. The monoisotopic (exact) mass is 336 g/mol. The molecule has 5 nitrogen and oxygen atoms in total. The first-order chi connectivity index (χ1) is 11.6. The van der Waals surface area contributed by atoms with Crippen LogP contribution in [0, 0.1) is 13.8 Å². The SMILES string of the molecule is Cc1nc2ccc(NCc3cc(=O)n4c(C)cccc4n3)cc2s1.